The van der Waals surface area contributed by atoms with Crippen LogP contribution in [0.4, 0.5) is 27.9 Å². The summed E-state index contributed by atoms with van der Waals surface area (Å²) in [5, 5.41) is 0. The summed E-state index contributed by atoms with van der Waals surface area (Å²) < 4.78 is 93.8. The van der Waals surface area contributed by atoms with Crippen molar-refractivity contribution < 1.29 is 30.4 Å². The molecular weight excluding hydrogens is 539 g/mol. The summed E-state index contributed by atoms with van der Waals surface area (Å²) in [5.74, 6) is -1.82. The minimum Gasteiger partial charge on any atom is -0.281 e. The number of halogens is 5. The molecule has 1 atom stereocenters. The molecule has 1 saturated carbocycles. The monoisotopic (exact) mass is 564 g/mol. The molecule has 1 aromatic heterocycles. The van der Waals surface area contributed by atoms with E-state index in [2.05, 4.69) is 15.0 Å². The van der Waals surface area contributed by atoms with Gasteiger partial charge < -0.3 is 0 Å². The highest BCUT2D eigenvalue weighted by Crippen LogP contribution is 2.36. The number of hydrogen-bond donors (Lipinski definition) is 0. The quantitative estimate of drug-likeness (QED) is 0.311. The first-order valence-electron chi connectivity index (χ1n) is 12.6. The number of sulfonamides is 1. The Hall–Kier alpha value is -3.41. The number of rotatable bonds is 6. The van der Waals surface area contributed by atoms with E-state index in [0.29, 0.717) is 59.7 Å². The summed E-state index contributed by atoms with van der Waals surface area (Å²) in [7, 11) is -5.66. The van der Waals surface area contributed by atoms with Crippen LogP contribution in [0, 0.1) is 11.6 Å². The molecule has 2 heterocycles. The van der Waals surface area contributed by atoms with Crippen molar-refractivity contribution >= 4 is 21.7 Å². The van der Waals surface area contributed by atoms with Crippen molar-refractivity contribution in [3.63, 3.8) is 0 Å². The fourth-order valence-corrected chi connectivity index (χ4v) is 6.31. The largest absolute Gasteiger partial charge is 0.516 e. The van der Waals surface area contributed by atoms with E-state index in [9.17, 15) is 30.4 Å². The van der Waals surface area contributed by atoms with E-state index in [1.807, 2.05) is 0 Å². The second-order valence-electron chi connectivity index (χ2n) is 9.66. The first-order valence-corrected chi connectivity index (χ1v) is 14.0. The van der Waals surface area contributed by atoms with Gasteiger partial charge >= 0.3 is 15.5 Å². The van der Waals surface area contributed by atoms with Crippen LogP contribution < -0.4 is 4.31 Å². The molecular formula is C27H25F5N4O2S. The lowest BCUT2D eigenvalue weighted by Crippen LogP contribution is -2.48. The minimum atomic E-state index is -5.66. The van der Waals surface area contributed by atoms with E-state index in [1.54, 1.807) is 24.3 Å². The van der Waals surface area contributed by atoms with Gasteiger partial charge in [0, 0.05) is 29.7 Å². The molecule has 0 radical (unpaired) electrons. The highest BCUT2D eigenvalue weighted by molar-refractivity contribution is 7.93. The maximum absolute atomic E-state index is 14.2. The van der Waals surface area contributed by atoms with Gasteiger partial charge in [-0.05, 0) is 48.9 Å². The molecule has 39 heavy (non-hydrogen) atoms. The van der Waals surface area contributed by atoms with Crippen molar-refractivity contribution in [2.45, 2.75) is 62.5 Å². The van der Waals surface area contributed by atoms with Crippen LogP contribution in [0.25, 0.3) is 11.1 Å². The molecule has 5 rings (SSSR count). The summed E-state index contributed by atoms with van der Waals surface area (Å²) in [6.07, 6.45) is 6.30. The van der Waals surface area contributed by atoms with Crippen LogP contribution in [0.2, 0.25) is 0 Å². The topological polar surface area (TPSA) is 75.5 Å². The summed E-state index contributed by atoms with van der Waals surface area (Å²) in [6.45, 7) is 0. The van der Waals surface area contributed by atoms with Gasteiger partial charge in [0.1, 0.15) is 11.6 Å². The second-order valence-corrected chi connectivity index (χ2v) is 11.5. The Morgan fingerprint density at radius 3 is 2.03 bits per heavy atom. The highest BCUT2D eigenvalue weighted by atomic mass is 32.2. The van der Waals surface area contributed by atoms with Crippen molar-refractivity contribution in [3.8, 4) is 11.1 Å². The van der Waals surface area contributed by atoms with Gasteiger partial charge in [0.2, 0.25) is 5.95 Å². The molecule has 2 aliphatic rings. The van der Waals surface area contributed by atoms with E-state index in [0.717, 1.165) is 12.0 Å². The van der Waals surface area contributed by atoms with Gasteiger partial charge in [0.05, 0.1) is 11.6 Å². The van der Waals surface area contributed by atoms with Crippen LogP contribution in [0.15, 0.2) is 59.9 Å². The smallest absolute Gasteiger partial charge is 0.281 e. The first-order chi connectivity index (χ1) is 18.6. The number of alkyl halides is 3. The molecule has 0 saturated heterocycles. The third-order valence-corrected chi connectivity index (χ3v) is 8.70. The molecule has 12 heteroatoms. The van der Waals surface area contributed by atoms with Crippen molar-refractivity contribution in [2.75, 3.05) is 4.31 Å². The van der Waals surface area contributed by atoms with Gasteiger partial charge in [-0.15, -0.1) is 0 Å². The lowest BCUT2D eigenvalue weighted by molar-refractivity contribution is -0.0441. The van der Waals surface area contributed by atoms with Crippen LogP contribution in [0.5, 0.6) is 0 Å². The predicted molar refractivity (Wildman–Crippen MR) is 137 cm³/mol. The summed E-state index contributed by atoms with van der Waals surface area (Å²) >= 11 is 0. The predicted octanol–water partition coefficient (Wildman–Crippen LogP) is 6.73. The van der Waals surface area contributed by atoms with Gasteiger partial charge in [0.15, 0.2) is 0 Å². The number of benzene rings is 2. The van der Waals surface area contributed by atoms with Gasteiger partial charge in [-0.25, -0.2) is 23.1 Å². The van der Waals surface area contributed by atoms with Crippen molar-refractivity contribution in [1.82, 2.24) is 9.97 Å². The molecule has 0 amide bonds. The fourth-order valence-electron chi connectivity index (χ4n) is 5.17. The Balaban J connectivity index is 1.37. The van der Waals surface area contributed by atoms with Gasteiger partial charge in [-0.3, -0.25) is 4.99 Å². The van der Waals surface area contributed by atoms with Crippen LogP contribution >= 0.6 is 0 Å². The van der Waals surface area contributed by atoms with Crippen molar-refractivity contribution in [2.24, 2.45) is 4.99 Å². The number of aromatic nitrogens is 2. The molecule has 1 aliphatic heterocycles. The van der Waals surface area contributed by atoms with Gasteiger partial charge in [-0.2, -0.15) is 21.6 Å². The molecule has 0 N–H and O–H groups in total. The standard InChI is InChI=1S/C27H25F5N4O2S/c28-21-7-4-8-22(29)25(21)24-14-13-23(35-24)18-11-9-17(10-12-18)19-15-33-26(34-16-19)36(20-5-2-1-3-6-20)39(37,38)27(30,31)32/h4,7-12,15-16,20,23H,1-3,5-6,13-14H2. The molecule has 0 bridgehead atoms. The van der Waals surface area contributed by atoms with E-state index in [-0.39, 0.29) is 11.6 Å². The van der Waals surface area contributed by atoms with Gasteiger partial charge in [0.25, 0.3) is 0 Å². The average molecular weight is 565 g/mol. The SMILES string of the molecule is O=S(=O)(N(c1ncc(-c2ccc(C3CCC(c4c(F)cccc4F)=N3)cc2)cn1)C1CCCCC1)C(F)(F)F. The zero-order valence-corrected chi connectivity index (χ0v) is 21.5. The summed E-state index contributed by atoms with van der Waals surface area (Å²) in [4.78, 5) is 12.6. The minimum absolute atomic E-state index is 0.108. The lowest BCUT2D eigenvalue weighted by atomic mass is 9.96. The summed E-state index contributed by atoms with van der Waals surface area (Å²) in [5.41, 5.74) is -3.22. The second kappa shape index (κ2) is 10.6. The number of anilines is 1. The van der Waals surface area contributed by atoms with Crippen LogP contribution in [0.1, 0.15) is 62.1 Å². The van der Waals surface area contributed by atoms with Crippen LogP contribution in [0.3, 0.4) is 0 Å². The molecule has 206 valence electrons. The van der Waals surface area contributed by atoms with Gasteiger partial charge in [-0.1, -0.05) is 49.6 Å². The summed E-state index contributed by atoms with van der Waals surface area (Å²) in [6, 6.07) is 9.70. The highest BCUT2D eigenvalue weighted by Gasteiger charge is 2.53. The molecule has 3 aromatic rings. The third-order valence-electron chi connectivity index (χ3n) is 7.14. The third kappa shape index (κ3) is 5.39. The zero-order chi connectivity index (χ0) is 27.8. The Morgan fingerprint density at radius 2 is 1.44 bits per heavy atom. The normalized spacial score (nSPS) is 18.7. The maximum Gasteiger partial charge on any atom is 0.516 e. The number of nitrogens with zero attached hydrogens (tertiary/aromatic N) is 4. The van der Waals surface area contributed by atoms with E-state index < -0.39 is 39.2 Å². The Labute approximate surface area is 222 Å². The van der Waals surface area contributed by atoms with Crippen molar-refractivity contribution in [1.29, 1.82) is 0 Å². The molecule has 2 aromatic carbocycles. The lowest BCUT2D eigenvalue weighted by Gasteiger charge is -2.33. The zero-order valence-electron chi connectivity index (χ0n) is 20.7. The molecule has 1 fully saturated rings. The van der Waals surface area contributed by atoms with E-state index in [4.69, 9.17) is 0 Å². The Bertz CT molecular complexity index is 1450. The molecule has 1 aliphatic carbocycles. The number of hydrogen-bond acceptors (Lipinski definition) is 5. The Kier molecular flexibility index (Phi) is 7.41. The average Bonchev–Trinajstić information content (AvgIpc) is 3.39. The first kappa shape index (κ1) is 27.2. The van der Waals surface area contributed by atoms with Crippen LogP contribution in [-0.4, -0.2) is 35.6 Å². The van der Waals surface area contributed by atoms with E-state index >= 15 is 0 Å². The molecule has 0 spiro atoms. The van der Waals surface area contributed by atoms with Crippen molar-refractivity contribution in [3.05, 3.63) is 77.6 Å². The Morgan fingerprint density at radius 1 is 0.821 bits per heavy atom. The molecule has 1 unspecified atom stereocenters. The van der Waals surface area contributed by atoms with Crippen LogP contribution in [-0.2, 0) is 10.0 Å². The maximum atomic E-state index is 14.2. The van der Waals surface area contributed by atoms with E-state index in [1.165, 1.54) is 30.6 Å². The number of aliphatic imine (C=N–C) groups is 1. The molecule has 6 nitrogen and oxygen atoms in total. The fraction of sp³-hybridized carbons (Fsp3) is 0.370.